The standard InChI is InChI=1S/C14H28N2O2/c1-10-6-5-7-12(8-10)18-11(2)9-14(3,16-4)13(15)17/h10-12,16H,5-9H2,1-4H3,(H2,15,17). The van der Waals surface area contributed by atoms with Crippen LogP contribution in [0.5, 0.6) is 0 Å². The first-order valence-corrected chi connectivity index (χ1v) is 7.01. The molecule has 0 aromatic carbocycles. The average molecular weight is 256 g/mol. The molecular formula is C14H28N2O2. The van der Waals surface area contributed by atoms with Crippen LogP contribution >= 0.6 is 0 Å². The van der Waals surface area contributed by atoms with Crippen LogP contribution in [0.15, 0.2) is 0 Å². The summed E-state index contributed by atoms with van der Waals surface area (Å²) >= 11 is 0. The van der Waals surface area contributed by atoms with Crippen molar-refractivity contribution < 1.29 is 9.53 Å². The number of nitrogens with one attached hydrogen (secondary N) is 1. The molecule has 1 amide bonds. The molecule has 1 saturated carbocycles. The Balaban J connectivity index is 2.45. The summed E-state index contributed by atoms with van der Waals surface area (Å²) in [4.78, 5) is 11.4. The third kappa shape index (κ3) is 4.25. The number of likely N-dealkylation sites (N-methyl/N-ethyl adjacent to an activating group) is 1. The largest absolute Gasteiger partial charge is 0.375 e. The van der Waals surface area contributed by atoms with E-state index in [9.17, 15) is 4.79 Å². The molecule has 4 nitrogen and oxygen atoms in total. The summed E-state index contributed by atoms with van der Waals surface area (Å²) < 4.78 is 6.06. The van der Waals surface area contributed by atoms with Crippen LogP contribution in [0, 0.1) is 5.92 Å². The summed E-state index contributed by atoms with van der Waals surface area (Å²) in [6.07, 6.45) is 5.84. The second-order valence-electron chi connectivity index (χ2n) is 5.99. The summed E-state index contributed by atoms with van der Waals surface area (Å²) in [6.45, 7) is 6.14. The van der Waals surface area contributed by atoms with E-state index in [1.54, 1.807) is 7.05 Å². The number of primary amides is 1. The Morgan fingerprint density at radius 2 is 2.22 bits per heavy atom. The minimum Gasteiger partial charge on any atom is -0.375 e. The topological polar surface area (TPSA) is 64.3 Å². The summed E-state index contributed by atoms with van der Waals surface area (Å²) in [6, 6.07) is 0. The SMILES string of the molecule is CNC(C)(CC(C)OC1CCCC(C)C1)C(N)=O. The maximum atomic E-state index is 11.4. The third-order valence-corrected chi connectivity index (χ3v) is 4.10. The van der Waals surface area contributed by atoms with E-state index < -0.39 is 5.54 Å². The quantitative estimate of drug-likeness (QED) is 0.762. The molecule has 1 aliphatic rings. The number of carbonyl (C=O) groups is 1. The zero-order valence-corrected chi connectivity index (χ0v) is 12.2. The molecule has 0 aromatic rings. The van der Waals surface area contributed by atoms with Crippen molar-refractivity contribution in [3.63, 3.8) is 0 Å². The summed E-state index contributed by atoms with van der Waals surface area (Å²) in [5.41, 5.74) is 4.75. The van der Waals surface area contributed by atoms with Gasteiger partial charge in [-0.05, 0) is 39.7 Å². The van der Waals surface area contributed by atoms with E-state index in [-0.39, 0.29) is 12.0 Å². The second kappa shape index (κ2) is 6.53. The fraction of sp³-hybridized carbons (Fsp3) is 0.929. The van der Waals surface area contributed by atoms with Crippen molar-refractivity contribution >= 4 is 5.91 Å². The van der Waals surface area contributed by atoms with E-state index in [2.05, 4.69) is 12.2 Å². The van der Waals surface area contributed by atoms with Gasteiger partial charge in [-0.2, -0.15) is 0 Å². The smallest absolute Gasteiger partial charge is 0.237 e. The van der Waals surface area contributed by atoms with Gasteiger partial charge in [-0.25, -0.2) is 0 Å². The van der Waals surface area contributed by atoms with Crippen molar-refractivity contribution in [2.45, 2.75) is 70.6 Å². The highest BCUT2D eigenvalue weighted by Crippen LogP contribution is 2.27. The Kier molecular flexibility index (Phi) is 5.60. The van der Waals surface area contributed by atoms with Gasteiger partial charge in [0, 0.05) is 6.42 Å². The lowest BCUT2D eigenvalue weighted by Gasteiger charge is -2.33. The summed E-state index contributed by atoms with van der Waals surface area (Å²) in [7, 11) is 1.76. The molecule has 0 saturated heterocycles. The summed E-state index contributed by atoms with van der Waals surface area (Å²) in [5, 5.41) is 3.00. The first-order valence-electron chi connectivity index (χ1n) is 7.01. The van der Waals surface area contributed by atoms with E-state index in [1.165, 1.54) is 12.8 Å². The lowest BCUT2D eigenvalue weighted by molar-refractivity contribution is -0.126. The first-order chi connectivity index (χ1) is 8.37. The Morgan fingerprint density at radius 3 is 2.72 bits per heavy atom. The molecule has 4 unspecified atom stereocenters. The van der Waals surface area contributed by atoms with Crippen LogP contribution in [0.1, 0.15) is 52.9 Å². The number of amides is 1. The number of hydrogen-bond donors (Lipinski definition) is 2. The molecule has 0 aliphatic heterocycles. The van der Waals surface area contributed by atoms with Crippen LogP contribution in [0.2, 0.25) is 0 Å². The van der Waals surface area contributed by atoms with Gasteiger partial charge in [0.1, 0.15) is 0 Å². The molecule has 1 rings (SSSR count). The first kappa shape index (κ1) is 15.4. The molecule has 0 aromatic heterocycles. The van der Waals surface area contributed by atoms with Gasteiger partial charge in [0.25, 0.3) is 0 Å². The Morgan fingerprint density at radius 1 is 1.56 bits per heavy atom. The average Bonchev–Trinajstić information content (AvgIpc) is 2.28. The van der Waals surface area contributed by atoms with Crippen molar-refractivity contribution in [2.24, 2.45) is 11.7 Å². The van der Waals surface area contributed by atoms with Crippen molar-refractivity contribution in [1.29, 1.82) is 0 Å². The number of nitrogens with two attached hydrogens (primary N) is 1. The van der Waals surface area contributed by atoms with Crippen molar-refractivity contribution in [1.82, 2.24) is 5.32 Å². The van der Waals surface area contributed by atoms with E-state index in [4.69, 9.17) is 10.5 Å². The minimum absolute atomic E-state index is 0.0465. The molecule has 0 radical (unpaired) electrons. The molecule has 0 heterocycles. The van der Waals surface area contributed by atoms with Gasteiger partial charge < -0.3 is 15.8 Å². The van der Waals surface area contributed by atoms with E-state index in [1.807, 2.05) is 13.8 Å². The highest BCUT2D eigenvalue weighted by Gasteiger charge is 2.32. The number of ether oxygens (including phenoxy) is 1. The molecule has 0 spiro atoms. The van der Waals surface area contributed by atoms with Crippen LogP contribution in [-0.2, 0) is 9.53 Å². The van der Waals surface area contributed by atoms with Crippen LogP contribution in [0.4, 0.5) is 0 Å². The molecule has 18 heavy (non-hydrogen) atoms. The zero-order valence-electron chi connectivity index (χ0n) is 12.2. The molecule has 0 bridgehead atoms. The van der Waals surface area contributed by atoms with Crippen molar-refractivity contribution in [2.75, 3.05) is 7.05 Å². The second-order valence-corrected chi connectivity index (χ2v) is 5.99. The fourth-order valence-corrected chi connectivity index (χ4v) is 2.78. The predicted octanol–water partition coefficient (Wildman–Crippen LogP) is 1.82. The van der Waals surface area contributed by atoms with Gasteiger partial charge >= 0.3 is 0 Å². The number of rotatable bonds is 6. The Hall–Kier alpha value is -0.610. The number of hydrogen-bond acceptors (Lipinski definition) is 3. The molecule has 1 aliphatic carbocycles. The van der Waals surface area contributed by atoms with Gasteiger partial charge in [0.05, 0.1) is 17.7 Å². The van der Waals surface area contributed by atoms with Crippen LogP contribution in [0.25, 0.3) is 0 Å². The predicted molar refractivity (Wildman–Crippen MR) is 73.2 cm³/mol. The lowest BCUT2D eigenvalue weighted by Crippen LogP contribution is -2.53. The molecule has 1 fully saturated rings. The minimum atomic E-state index is -0.681. The third-order valence-electron chi connectivity index (χ3n) is 4.10. The fourth-order valence-electron chi connectivity index (χ4n) is 2.78. The zero-order chi connectivity index (χ0) is 13.8. The maximum absolute atomic E-state index is 11.4. The molecule has 4 heteroatoms. The van der Waals surface area contributed by atoms with Gasteiger partial charge in [0.15, 0.2) is 0 Å². The summed E-state index contributed by atoms with van der Waals surface area (Å²) in [5.74, 6) is 0.431. The van der Waals surface area contributed by atoms with Crippen molar-refractivity contribution in [3.05, 3.63) is 0 Å². The van der Waals surface area contributed by atoms with Gasteiger partial charge in [0.2, 0.25) is 5.91 Å². The van der Waals surface area contributed by atoms with Gasteiger partial charge in [-0.3, -0.25) is 4.79 Å². The van der Waals surface area contributed by atoms with Gasteiger partial charge in [-0.1, -0.05) is 19.8 Å². The van der Waals surface area contributed by atoms with Crippen LogP contribution in [0.3, 0.4) is 0 Å². The van der Waals surface area contributed by atoms with Crippen molar-refractivity contribution in [3.8, 4) is 0 Å². The lowest BCUT2D eigenvalue weighted by atomic mass is 9.88. The molecular weight excluding hydrogens is 228 g/mol. The van der Waals surface area contributed by atoms with Crippen LogP contribution in [-0.4, -0.2) is 30.7 Å². The van der Waals surface area contributed by atoms with E-state index in [0.29, 0.717) is 12.5 Å². The molecule has 3 N–H and O–H groups in total. The Bertz CT molecular complexity index is 283. The monoisotopic (exact) mass is 256 g/mol. The highest BCUT2D eigenvalue weighted by molar-refractivity contribution is 5.84. The molecule has 4 atom stereocenters. The van der Waals surface area contributed by atoms with E-state index in [0.717, 1.165) is 18.8 Å². The van der Waals surface area contributed by atoms with Crippen LogP contribution < -0.4 is 11.1 Å². The highest BCUT2D eigenvalue weighted by atomic mass is 16.5. The van der Waals surface area contributed by atoms with E-state index >= 15 is 0 Å². The number of carbonyl (C=O) groups excluding carboxylic acids is 1. The molecule has 106 valence electrons. The maximum Gasteiger partial charge on any atom is 0.237 e. The Labute approximate surface area is 111 Å². The van der Waals surface area contributed by atoms with Gasteiger partial charge in [-0.15, -0.1) is 0 Å². The normalized spacial score (nSPS) is 29.6.